The zero-order valence-corrected chi connectivity index (χ0v) is 18.4. The van der Waals surface area contributed by atoms with Crippen LogP contribution in [0.1, 0.15) is 49.5 Å². The Morgan fingerprint density at radius 2 is 1.77 bits per heavy atom. The molecule has 5 rings (SSSR count). The molecule has 3 aromatic rings. The monoisotopic (exact) mass is 435 g/mol. The molecule has 0 saturated heterocycles. The molecule has 2 aromatic carbocycles. The standard InChI is InChI=1S/C25H26ClN3O2/c1-25(24(31)27-19-8-3-2-4-9-19)16-28-21-10-6-5-7-17(21)15-22(28)23(30)29(25)20-13-11-18(26)12-14-20/h5-7,10-15,19H,2-4,8-9,16H2,1H3,(H,27,31). The zero-order chi connectivity index (χ0) is 21.6. The fourth-order valence-electron chi connectivity index (χ4n) is 5.03. The third-order valence-electron chi connectivity index (χ3n) is 6.71. The predicted octanol–water partition coefficient (Wildman–Crippen LogP) is 5.16. The summed E-state index contributed by atoms with van der Waals surface area (Å²) in [5, 5.41) is 4.85. The average molecular weight is 436 g/mol. The maximum atomic E-state index is 13.8. The lowest BCUT2D eigenvalue weighted by Crippen LogP contribution is -2.65. The lowest BCUT2D eigenvalue weighted by Gasteiger charge is -2.44. The van der Waals surface area contributed by atoms with Crippen LogP contribution in [0.5, 0.6) is 0 Å². The van der Waals surface area contributed by atoms with E-state index in [0.717, 1.165) is 36.6 Å². The lowest BCUT2D eigenvalue weighted by molar-refractivity contribution is -0.127. The van der Waals surface area contributed by atoms with Crippen LogP contribution in [0.15, 0.2) is 54.6 Å². The highest BCUT2D eigenvalue weighted by molar-refractivity contribution is 6.30. The first-order chi connectivity index (χ1) is 15.0. The van der Waals surface area contributed by atoms with E-state index in [1.807, 2.05) is 54.0 Å². The van der Waals surface area contributed by atoms with Gasteiger partial charge in [-0.05, 0) is 56.2 Å². The molecule has 5 nitrogen and oxygen atoms in total. The fourth-order valence-corrected chi connectivity index (χ4v) is 5.15. The average Bonchev–Trinajstić information content (AvgIpc) is 3.14. The molecule has 6 heteroatoms. The number of amides is 2. The quantitative estimate of drug-likeness (QED) is 0.617. The van der Waals surface area contributed by atoms with Crippen LogP contribution in [-0.2, 0) is 11.3 Å². The first-order valence-corrected chi connectivity index (χ1v) is 11.3. The molecule has 0 spiro atoms. The van der Waals surface area contributed by atoms with Crippen molar-refractivity contribution in [3.05, 3.63) is 65.3 Å². The van der Waals surface area contributed by atoms with Gasteiger partial charge in [-0.3, -0.25) is 14.5 Å². The highest BCUT2D eigenvalue weighted by atomic mass is 35.5. The second-order valence-corrected chi connectivity index (χ2v) is 9.31. The number of carbonyl (C=O) groups excluding carboxylic acids is 2. The van der Waals surface area contributed by atoms with Crippen molar-refractivity contribution in [2.24, 2.45) is 0 Å². The van der Waals surface area contributed by atoms with Gasteiger partial charge in [-0.1, -0.05) is 49.1 Å². The molecule has 1 aliphatic carbocycles. The van der Waals surface area contributed by atoms with Crippen LogP contribution < -0.4 is 10.2 Å². The van der Waals surface area contributed by atoms with Crippen molar-refractivity contribution in [1.29, 1.82) is 0 Å². The summed E-state index contributed by atoms with van der Waals surface area (Å²) in [6, 6.07) is 17.2. The third-order valence-corrected chi connectivity index (χ3v) is 6.96. The van der Waals surface area contributed by atoms with Crippen LogP contribution in [0.4, 0.5) is 5.69 Å². The molecular weight excluding hydrogens is 410 g/mol. The van der Waals surface area contributed by atoms with Crippen molar-refractivity contribution >= 4 is 40.0 Å². The molecular formula is C25H26ClN3O2. The minimum Gasteiger partial charge on any atom is -0.351 e. The van der Waals surface area contributed by atoms with Gasteiger partial charge in [0, 0.05) is 27.7 Å². The number of rotatable bonds is 3. The maximum absolute atomic E-state index is 13.8. The molecule has 1 unspecified atom stereocenters. The van der Waals surface area contributed by atoms with Gasteiger partial charge in [0.25, 0.3) is 5.91 Å². The summed E-state index contributed by atoms with van der Waals surface area (Å²) in [4.78, 5) is 29.1. The maximum Gasteiger partial charge on any atom is 0.275 e. The summed E-state index contributed by atoms with van der Waals surface area (Å²) in [7, 11) is 0. The van der Waals surface area contributed by atoms with Gasteiger partial charge < -0.3 is 9.88 Å². The van der Waals surface area contributed by atoms with Crippen LogP contribution in [0, 0.1) is 0 Å². The van der Waals surface area contributed by atoms with Crippen LogP contribution >= 0.6 is 11.6 Å². The third kappa shape index (κ3) is 3.41. The van der Waals surface area contributed by atoms with Crippen molar-refractivity contribution in [2.45, 2.75) is 57.2 Å². The van der Waals surface area contributed by atoms with Gasteiger partial charge in [0.1, 0.15) is 11.2 Å². The number of nitrogens with one attached hydrogen (secondary N) is 1. The van der Waals surface area contributed by atoms with Crippen molar-refractivity contribution in [3.63, 3.8) is 0 Å². The Kier molecular flexibility index (Phi) is 5.01. The number of carbonyl (C=O) groups is 2. The molecule has 1 fully saturated rings. The highest BCUT2D eigenvalue weighted by Gasteiger charge is 2.49. The number of fused-ring (bicyclic) bond motifs is 3. The zero-order valence-electron chi connectivity index (χ0n) is 17.6. The number of para-hydroxylation sites is 1. The summed E-state index contributed by atoms with van der Waals surface area (Å²) in [6.45, 7) is 2.26. The molecule has 2 aliphatic rings. The number of halogens is 1. The lowest BCUT2D eigenvalue weighted by atomic mass is 9.91. The summed E-state index contributed by atoms with van der Waals surface area (Å²) >= 11 is 6.10. The number of hydrogen-bond acceptors (Lipinski definition) is 2. The molecule has 1 saturated carbocycles. The van der Waals surface area contributed by atoms with Gasteiger partial charge >= 0.3 is 0 Å². The van der Waals surface area contributed by atoms with Crippen LogP contribution in [-0.4, -0.2) is 28.0 Å². The Morgan fingerprint density at radius 3 is 2.52 bits per heavy atom. The fraction of sp³-hybridized carbons (Fsp3) is 0.360. The van der Waals surface area contributed by atoms with E-state index >= 15 is 0 Å². The largest absolute Gasteiger partial charge is 0.351 e. The van der Waals surface area contributed by atoms with E-state index < -0.39 is 5.54 Å². The van der Waals surface area contributed by atoms with Gasteiger partial charge in [-0.15, -0.1) is 0 Å². The SMILES string of the molecule is CC1(C(=O)NC2CCCCC2)Cn2c(cc3ccccc32)C(=O)N1c1ccc(Cl)cc1. The van der Waals surface area contributed by atoms with E-state index in [0.29, 0.717) is 22.9 Å². The number of nitrogens with zero attached hydrogens (tertiary/aromatic N) is 2. The number of benzene rings is 2. The Bertz CT molecular complexity index is 1150. The molecule has 0 bridgehead atoms. The molecule has 2 heterocycles. The minimum atomic E-state index is -1.06. The smallest absolute Gasteiger partial charge is 0.275 e. The van der Waals surface area contributed by atoms with E-state index in [9.17, 15) is 9.59 Å². The number of aromatic nitrogens is 1. The molecule has 160 valence electrons. The summed E-state index contributed by atoms with van der Waals surface area (Å²) < 4.78 is 1.99. The van der Waals surface area contributed by atoms with Gasteiger partial charge in [-0.2, -0.15) is 0 Å². The molecule has 2 amide bonds. The van der Waals surface area contributed by atoms with Gasteiger partial charge in [0.15, 0.2) is 0 Å². The van der Waals surface area contributed by atoms with Crippen molar-refractivity contribution < 1.29 is 9.59 Å². The van der Waals surface area contributed by atoms with Crippen LogP contribution in [0.25, 0.3) is 10.9 Å². The first-order valence-electron chi connectivity index (χ1n) is 11.0. The topological polar surface area (TPSA) is 54.3 Å². The molecule has 1 aromatic heterocycles. The van der Waals surface area contributed by atoms with Crippen LogP contribution in [0.3, 0.4) is 0 Å². The predicted molar refractivity (Wildman–Crippen MR) is 124 cm³/mol. The molecule has 1 N–H and O–H groups in total. The van der Waals surface area contributed by atoms with E-state index in [4.69, 9.17) is 11.6 Å². The second kappa shape index (κ2) is 7.72. The molecule has 1 atom stereocenters. The van der Waals surface area contributed by atoms with Gasteiger partial charge in [0.2, 0.25) is 5.91 Å². The number of hydrogen-bond donors (Lipinski definition) is 1. The normalized spacial score (nSPS) is 21.9. The summed E-state index contributed by atoms with van der Waals surface area (Å²) in [5.41, 5.74) is 1.18. The Labute approximate surface area is 187 Å². The Hall–Kier alpha value is -2.79. The summed E-state index contributed by atoms with van der Waals surface area (Å²) in [5.74, 6) is -0.280. The Balaban J connectivity index is 1.61. The highest BCUT2D eigenvalue weighted by Crippen LogP contribution is 2.36. The summed E-state index contributed by atoms with van der Waals surface area (Å²) in [6.07, 6.45) is 5.47. The van der Waals surface area contributed by atoms with E-state index in [-0.39, 0.29) is 17.9 Å². The van der Waals surface area contributed by atoms with Crippen molar-refractivity contribution in [2.75, 3.05) is 4.90 Å². The van der Waals surface area contributed by atoms with E-state index in [2.05, 4.69) is 5.32 Å². The molecule has 31 heavy (non-hydrogen) atoms. The minimum absolute atomic E-state index is 0.105. The van der Waals surface area contributed by atoms with E-state index in [1.165, 1.54) is 6.42 Å². The molecule has 1 aliphatic heterocycles. The van der Waals surface area contributed by atoms with E-state index in [1.54, 1.807) is 17.0 Å². The second-order valence-electron chi connectivity index (χ2n) is 8.87. The Morgan fingerprint density at radius 1 is 1.06 bits per heavy atom. The molecule has 0 radical (unpaired) electrons. The van der Waals surface area contributed by atoms with Gasteiger partial charge in [0.05, 0.1) is 6.54 Å². The van der Waals surface area contributed by atoms with Crippen LogP contribution in [0.2, 0.25) is 5.02 Å². The van der Waals surface area contributed by atoms with Crippen molar-refractivity contribution in [3.8, 4) is 0 Å². The van der Waals surface area contributed by atoms with Crippen molar-refractivity contribution in [1.82, 2.24) is 9.88 Å². The number of anilines is 1. The van der Waals surface area contributed by atoms with Gasteiger partial charge in [-0.25, -0.2) is 0 Å². The first kappa shape index (κ1) is 20.1.